The van der Waals surface area contributed by atoms with Gasteiger partial charge < -0.3 is 10.5 Å². The summed E-state index contributed by atoms with van der Waals surface area (Å²) in [5, 5.41) is 0. The van der Waals surface area contributed by atoms with Crippen LogP contribution in [0.25, 0.3) is 0 Å². The Morgan fingerprint density at radius 2 is 2.22 bits per heavy atom. The molecule has 1 aliphatic heterocycles. The molecule has 0 bridgehead atoms. The fourth-order valence-electron chi connectivity index (χ4n) is 2.58. The second-order valence-corrected chi connectivity index (χ2v) is 5.10. The lowest BCUT2D eigenvalue weighted by atomic mass is 9.96. The minimum Gasteiger partial charge on any atom is -0.490 e. The van der Waals surface area contributed by atoms with Gasteiger partial charge in [0.05, 0.1) is 5.69 Å². The van der Waals surface area contributed by atoms with Crippen LogP contribution in [0.2, 0.25) is 0 Å². The van der Waals surface area contributed by atoms with Crippen LogP contribution in [0.1, 0.15) is 26.2 Å². The number of hydrogen-bond donors (Lipinski definition) is 1. The molecule has 3 nitrogen and oxygen atoms in total. The molecule has 1 fully saturated rings. The van der Waals surface area contributed by atoms with E-state index in [2.05, 4.69) is 11.8 Å². The lowest BCUT2D eigenvalue weighted by molar-refractivity contribution is 0.145. The molecule has 2 N–H and O–H groups in total. The standard InChI is InChI=1S/C15H24N2O/c1-2-13-6-5-9-17(12-13)10-11-18-15-8-4-3-7-14(15)16/h3-4,7-8,13H,2,5-6,9-12,16H2,1H3. The predicted octanol–water partition coefficient (Wildman–Crippen LogP) is 2.77. The fraction of sp³-hybridized carbons (Fsp3) is 0.600. The van der Waals surface area contributed by atoms with Crippen LogP contribution in [0, 0.1) is 5.92 Å². The van der Waals surface area contributed by atoms with Crippen molar-refractivity contribution in [2.24, 2.45) is 5.92 Å². The fourth-order valence-corrected chi connectivity index (χ4v) is 2.58. The van der Waals surface area contributed by atoms with Crippen molar-refractivity contribution in [1.82, 2.24) is 4.90 Å². The predicted molar refractivity (Wildman–Crippen MR) is 75.8 cm³/mol. The molecule has 0 aromatic heterocycles. The van der Waals surface area contributed by atoms with Gasteiger partial charge in [-0.3, -0.25) is 4.90 Å². The van der Waals surface area contributed by atoms with Gasteiger partial charge in [0.2, 0.25) is 0 Å². The van der Waals surface area contributed by atoms with Crippen LogP contribution >= 0.6 is 0 Å². The summed E-state index contributed by atoms with van der Waals surface area (Å²) in [4.78, 5) is 2.51. The van der Waals surface area contributed by atoms with E-state index >= 15 is 0 Å². The number of benzene rings is 1. The van der Waals surface area contributed by atoms with E-state index in [-0.39, 0.29) is 0 Å². The summed E-state index contributed by atoms with van der Waals surface area (Å²) in [5.41, 5.74) is 6.57. The molecular weight excluding hydrogens is 224 g/mol. The van der Waals surface area contributed by atoms with Crippen LogP contribution < -0.4 is 10.5 Å². The largest absolute Gasteiger partial charge is 0.490 e. The molecule has 100 valence electrons. The maximum absolute atomic E-state index is 5.84. The molecule has 1 atom stereocenters. The molecule has 0 spiro atoms. The lowest BCUT2D eigenvalue weighted by Gasteiger charge is -2.32. The molecule has 0 aliphatic carbocycles. The van der Waals surface area contributed by atoms with E-state index in [1.807, 2.05) is 24.3 Å². The highest BCUT2D eigenvalue weighted by Gasteiger charge is 2.17. The zero-order valence-electron chi connectivity index (χ0n) is 11.3. The van der Waals surface area contributed by atoms with Crippen molar-refractivity contribution in [2.75, 3.05) is 32.0 Å². The summed E-state index contributed by atoms with van der Waals surface area (Å²) < 4.78 is 5.74. The number of likely N-dealkylation sites (tertiary alicyclic amines) is 1. The van der Waals surface area contributed by atoms with Gasteiger partial charge in [-0.15, -0.1) is 0 Å². The van der Waals surface area contributed by atoms with Crippen molar-refractivity contribution in [3.8, 4) is 5.75 Å². The normalized spacial score (nSPS) is 20.8. The SMILES string of the molecule is CCC1CCCN(CCOc2ccccc2N)C1. The summed E-state index contributed by atoms with van der Waals surface area (Å²) in [5.74, 6) is 1.68. The molecule has 0 radical (unpaired) electrons. The third kappa shape index (κ3) is 3.64. The highest BCUT2D eigenvalue weighted by molar-refractivity contribution is 5.51. The van der Waals surface area contributed by atoms with Crippen LogP contribution in [0.4, 0.5) is 5.69 Å². The Morgan fingerprint density at radius 3 is 3.00 bits per heavy atom. The van der Waals surface area contributed by atoms with Gasteiger partial charge in [0.15, 0.2) is 0 Å². The number of piperidine rings is 1. The van der Waals surface area contributed by atoms with Crippen molar-refractivity contribution in [3.05, 3.63) is 24.3 Å². The highest BCUT2D eigenvalue weighted by Crippen LogP contribution is 2.21. The molecule has 3 heteroatoms. The first-order valence-electron chi connectivity index (χ1n) is 6.99. The molecule has 2 rings (SSSR count). The quantitative estimate of drug-likeness (QED) is 0.814. The molecule has 18 heavy (non-hydrogen) atoms. The zero-order valence-corrected chi connectivity index (χ0v) is 11.3. The second kappa shape index (κ2) is 6.64. The number of nitrogens with two attached hydrogens (primary N) is 1. The summed E-state index contributed by atoms with van der Waals surface area (Å²) in [6.45, 7) is 6.46. The first-order chi connectivity index (χ1) is 8.79. The van der Waals surface area contributed by atoms with Crippen LogP contribution in [0.3, 0.4) is 0 Å². The van der Waals surface area contributed by atoms with Crippen LogP contribution in [0.15, 0.2) is 24.3 Å². The minimum absolute atomic E-state index is 0.725. The molecule has 1 aromatic rings. The Morgan fingerprint density at radius 1 is 1.39 bits per heavy atom. The van der Waals surface area contributed by atoms with Crippen LogP contribution in [0.5, 0.6) is 5.75 Å². The summed E-state index contributed by atoms with van der Waals surface area (Å²) in [6.07, 6.45) is 4.01. The van der Waals surface area contributed by atoms with Gasteiger partial charge in [-0.1, -0.05) is 25.5 Å². The number of ether oxygens (including phenoxy) is 1. The topological polar surface area (TPSA) is 38.5 Å². The monoisotopic (exact) mass is 248 g/mol. The van der Waals surface area contributed by atoms with Crippen molar-refractivity contribution in [1.29, 1.82) is 0 Å². The van der Waals surface area contributed by atoms with E-state index in [4.69, 9.17) is 10.5 Å². The number of nitrogen functional groups attached to an aromatic ring is 1. The lowest BCUT2D eigenvalue weighted by Crippen LogP contribution is -2.37. The van der Waals surface area contributed by atoms with Gasteiger partial charge >= 0.3 is 0 Å². The van der Waals surface area contributed by atoms with Gasteiger partial charge in [0.1, 0.15) is 12.4 Å². The molecule has 1 saturated heterocycles. The summed E-state index contributed by atoms with van der Waals surface area (Å²) in [7, 11) is 0. The molecule has 0 saturated carbocycles. The summed E-state index contributed by atoms with van der Waals surface area (Å²) in [6, 6.07) is 7.70. The van der Waals surface area contributed by atoms with Gasteiger partial charge in [0, 0.05) is 13.1 Å². The molecule has 1 aromatic carbocycles. The van der Waals surface area contributed by atoms with Crippen LogP contribution in [-0.2, 0) is 0 Å². The molecule has 1 unspecified atom stereocenters. The van der Waals surface area contributed by atoms with Gasteiger partial charge in [0.25, 0.3) is 0 Å². The third-order valence-electron chi connectivity index (χ3n) is 3.76. The Hall–Kier alpha value is -1.22. The Balaban J connectivity index is 1.73. The smallest absolute Gasteiger partial charge is 0.142 e. The average Bonchev–Trinajstić information content (AvgIpc) is 2.41. The third-order valence-corrected chi connectivity index (χ3v) is 3.76. The van der Waals surface area contributed by atoms with E-state index in [0.29, 0.717) is 0 Å². The first kappa shape index (κ1) is 13.2. The maximum Gasteiger partial charge on any atom is 0.142 e. The van der Waals surface area contributed by atoms with Crippen molar-refractivity contribution in [3.63, 3.8) is 0 Å². The van der Waals surface area contributed by atoms with Crippen molar-refractivity contribution in [2.45, 2.75) is 26.2 Å². The van der Waals surface area contributed by atoms with E-state index < -0.39 is 0 Å². The van der Waals surface area contributed by atoms with Gasteiger partial charge in [-0.2, -0.15) is 0 Å². The van der Waals surface area contributed by atoms with E-state index in [0.717, 1.165) is 30.5 Å². The van der Waals surface area contributed by atoms with Crippen molar-refractivity contribution < 1.29 is 4.74 Å². The number of para-hydroxylation sites is 2. The van der Waals surface area contributed by atoms with Crippen molar-refractivity contribution >= 4 is 5.69 Å². The van der Waals surface area contributed by atoms with E-state index in [9.17, 15) is 0 Å². The molecular formula is C15H24N2O. The Bertz CT molecular complexity index is 367. The molecule has 1 heterocycles. The summed E-state index contributed by atoms with van der Waals surface area (Å²) >= 11 is 0. The molecule has 1 aliphatic rings. The van der Waals surface area contributed by atoms with E-state index in [1.165, 1.54) is 32.4 Å². The van der Waals surface area contributed by atoms with E-state index in [1.54, 1.807) is 0 Å². The average molecular weight is 248 g/mol. The first-order valence-corrected chi connectivity index (χ1v) is 6.99. The zero-order chi connectivity index (χ0) is 12.8. The Kier molecular flexibility index (Phi) is 4.88. The number of nitrogens with zero attached hydrogens (tertiary/aromatic N) is 1. The minimum atomic E-state index is 0.725. The number of anilines is 1. The van der Waals surface area contributed by atoms with Gasteiger partial charge in [-0.25, -0.2) is 0 Å². The second-order valence-electron chi connectivity index (χ2n) is 5.10. The number of rotatable bonds is 5. The van der Waals surface area contributed by atoms with Crippen LogP contribution in [-0.4, -0.2) is 31.1 Å². The highest BCUT2D eigenvalue weighted by atomic mass is 16.5. The van der Waals surface area contributed by atoms with Gasteiger partial charge in [-0.05, 0) is 37.4 Å². The Labute approximate surface area is 110 Å². The maximum atomic E-state index is 5.84. The molecule has 0 amide bonds. The number of hydrogen-bond acceptors (Lipinski definition) is 3.